The standard InChI is InChI=1S/C14H15NO7/c16-14(21-10-3-1-9(2-4-10)15(17)18)22-11-7-12-13(8-11)20-6-5-19-12/h1-4,11-13H,5-8H2/t11?,12-,13?/m0/s1. The molecule has 22 heavy (non-hydrogen) atoms. The normalized spacial score (nSPS) is 27.0. The van der Waals surface area contributed by atoms with Crippen molar-refractivity contribution in [3.63, 3.8) is 0 Å². The third kappa shape index (κ3) is 3.34. The van der Waals surface area contributed by atoms with E-state index in [1.54, 1.807) is 0 Å². The molecule has 0 aromatic heterocycles. The average molecular weight is 309 g/mol. The monoisotopic (exact) mass is 309 g/mol. The summed E-state index contributed by atoms with van der Waals surface area (Å²) in [4.78, 5) is 21.7. The van der Waals surface area contributed by atoms with Crippen molar-refractivity contribution in [2.45, 2.75) is 31.2 Å². The number of nitro groups is 1. The number of non-ortho nitro benzene ring substituents is 1. The molecule has 2 unspecified atom stereocenters. The molecule has 1 saturated carbocycles. The maximum absolute atomic E-state index is 11.7. The fraction of sp³-hybridized carbons (Fsp3) is 0.500. The van der Waals surface area contributed by atoms with E-state index in [1.807, 2.05) is 0 Å². The van der Waals surface area contributed by atoms with Crippen LogP contribution in [-0.4, -0.2) is 42.6 Å². The molecule has 1 heterocycles. The van der Waals surface area contributed by atoms with Crippen LogP contribution < -0.4 is 4.74 Å². The van der Waals surface area contributed by atoms with Gasteiger partial charge in [0.2, 0.25) is 0 Å². The molecule has 8 nitrogen and oxygen atoms in total. The SMILES string of the molecule is O=C(Oc1ccc([N+](=O)[O-])cc1)OC1CC2OCCO[C@H]2C1. The Labute approximate surface area is 126 Å². The lowest BCUT2D eigenvalue weighted by Gasteiger charge is -2.25. The van der Waals surface area contributed by atoms with Gasteiger partial charge < -0.3 is 18.9 Å². The Hall–Kier alpha value is -2.19. The van der Waals surface area contributed by atoms with E-state index in [4.69, 9.17) is 18.9 Å². The summed E-state index contributed by atoms with van der Waals surface area (Å²) < 4.78 is 21.3. The summed E-state index contributed by atoms with van der Waals surface area (Å²) >= 11 is 0. The maximum atomic E-state index is 11.7. The molecule has 0 spiro atoms. The van der Waals surface area contributed by atoms with Crippen LogP contribution in [0.1, 0.15) is 12.8 Å². The quantitative estimate of drug-likeness (QED) is 0.365. The highest BCUT2D eigenvalue weighted by atomic mass is 16.7. The highest BCUT2D eigenvalue weighted by Crippen LogP contribution is 2.30. The van der Waals surface area contributed by atoms with Gasteiger partial charge in [-0.1, -0.05) is 0 Å². The number of hydrogen-bond donors (Lipinski definition) is 0. The number of nitrogens with zero attached hydrogens (tertiary/aromatic N) is 1. The summed E-state index contributed by atoms with van der Waals surface area (Å²) in [6.07, 6.45) is -0.0481. The molecule has 0 bridgehead atoms. The topological polar surface area (TPSA) is 97.1 Å². The van der Waals surface area contributed by atoms with Gasteiger partial charge in [0.25, 0.3) is 5.69 Å². The molecule has 118 valence electrons. The van der Waals surface area contributed by atoms with E-state index in [-0.39, 0.29) is 29.7 Å². The van der Waals surface area contributed by atoms with E-state index in [2.05, 4.69) is 0 Å². The van der Waals surface area contributed by atoms with E-state index in [1.165, 1.54) is 24.3 Å². The van der Waals surface area contributed by atoms with Crippen molar-refractivity contribution in [3.05, 3.63) is 34.4 Å². The van der Waals surface area contributed by atoms with Crippen molar-refractivity contribution >= 4 is 11.8 Å². The molecule has 1 saturated heterocycles. The van der Waals surface area contributed by atoms with Gasteiger partial charge in [-0.2, -0.15) is 0 Å². The molecule has 0 radical (unpaired) electrons. The molecule has 2 fully saturated rings. The Morgan fingerprint density at radius 2 is 1.73 bits per heavy atom. The Balaban J connectivity index is 1.51. The highest BCUT2D eigenvalue weighted by Gasteiger charge is 2.40. The predicted octanol–water partition coefficient (Wildman–Crippen LogP) is 2.06. The van der Waals surface area contributed by atoms with Crippen molar-refractivity contribution in [1.82, 2.24) is 0 Å². The summed E-state index contributed by atoms with van der Waals surface area (Å²) in [5, 5.41) is 10.5. The van der Waals surface area contributed by atoms with E-state index < -0.39 is 11.1 Å². The van der Waals surface area contributed by atoms with Gasteiger partial charge in [0.1, 0.15) is 11.9 Å². The second kappa shape index (κ2) is 6.29. The van der Waals surface area contributed by atoms with E-state index in [9.17, 15) is 14.9 Å². The fourth-order valence-corrected chi connectivity index (χ4v) is 2.66. The van der Waals surface area contributed by atoms with E-state index >= 15 is 0 Å². The van der Waals surface area contributed by atoms with Gasteiger partial charge in [0.05, 0.1) is 30.3 Å². The Bertz CT molecular complexity index is 545. The van der Waals surface area contributed by atoms with Crippen molar-refractivity contribution in [2.24, 2.45) is 0 Å². The van der Waals surface area contributed by atoms with Crippen molar-refractivity contribution in [2.75, 3.05) is 13.2 Å². The lowest BCUT2D eigenvalue weighted by Crippen LogP contribution is -2.33. The van der Waals surface area contributed by atoms with Gasteiger partial charge in [-0.3, -0.25) is 10.1 Å². The first-order valence-electron chi connectivity index (χ1n) is 6.98. The first kappa shape index (κ1) is 14.7. The van der Waals surface area contributed by atoms with Gasteiger partial charge in [-0.25, -0.2) is 4.79 Å². The zero-order chi connectivity index (χ0) is 15.5. The van der Waals surface area contributed by atoms with Gasteiger partial charge in [0, 0.05) is 25.0 Å². The third-order valence-electron chi connectivity index (χ3n) is 3.66. The zero-order valence-electron chi connectivity index (χ0n) is 11.7. The average Bonchev–Trinajstić information content (AvgIpc) is 2.89. The summed E-state index contributed by atoms with van der Waals surface area (Å²) in [6, 6.07) is 5.21. The number of rotatable bonds is 3. The number of hydrogen-bond acceptors (Lipinski definition) is 7. The second-order valence-electron chi connectivity index (χ2n) is 5.13. The largest absolute Gasteiger partial charge is 0.514 e. The smallest absolute Gasteiger partial charge is 0.430 e. The van der Waals surface area contributed by atoms with Gasteiger partial charge in [-0.05, 0) is 12.1 Å². The molecular weight excluding hydrogens is 294 g/mol. The minimum Gasteiger partial charge on any atom is -0.430 e. The van der Waals surface area contributed by atoms with Crippen molar-refractivity contribution in [1.29, 1.82) is 0 Å². The molecule has 0 amide bonds. The number of ether oxygens (including phenoxy) is 4. The molecular formula is C14H15NO7. The molecule has 8 heteroatoms. The number of carbonyl (C=O) groups excluding carboxylic acids is 1. The Kier molecular flexibility index (Phi) is 4.21. The summed E-state index contributed by atoms with van der Waals surface area (Å²) in [7, 11) is 0. The van der Waals surface area contributed by atoms with Crippen LogP contribution in [0.2, 0.25) is 0 Å². The first-order valence-corrected chi connectivity index (χ1v) is 6.98. The van der Waals surface area contributed by atoms with Crippen molar-refractivity contribution in [3.8, 4) is 5.75 Å². The summed E-state index contributed by atoms with van der Waals surface area (Å²) in [5.74, 6) is 0.193. The Morgan fingerprint density at radius 1 is 1.14 bits per heavy atom. The van der Waals surface area contributed by atoms with Crippen LogP contribution in [0.5, 0.6) is 5.75 Å². The minimum absolute atomic E-state index is 0.0362. The van der Waals surface area contributed by atoms with Crippen LogP contribution in [-0.2, 0) is 14.2 Å². The number of benzene rings is 1. The van der Waals surface area contributed by atoms with E-state index in [0.29, 0.717) is 26.1 Å². The predicted molar refractivity (Wildman–Crippen MR) is 72.7 cm³/mol. The third-order valence-corrected chi connectivity index (χ3v) is 3.66. The van der Waals surface area contributed by atoms with Gasteiger partial charge >= 0.3 is 6.16 Å². The molecule has 2 aliphatic rings. The van der Waals surface area contributed by atoms with Crippen LogP contribution in [0.25, 0.3) is 0 Å². The zero-order valence-corrected chi connectivity index (χ0v) is 11.7. The minimum atomic E-state index is -0.836. The number of fused-ring (bicyclic) bond motifs is 1. The highest BCUT2D eigenvalue weighted by molar-refractivity contribution is 5.64. The lowest BCUT2D eigenvalue weighted by molar-refractivity contribution is -0.384. The lowest BCUT2D eigenvalue weighted by atomic mass is 10.2. The molecule has 1 aliphatic heterocycles. The summed E-state index contributed by atoms with van der Waals surface area (Å²) in [6.45, 7) is 1.11. The van der Waals surface area contributed by atoms with E-state index in [0.717, 1.165) is 0 Å². The number of nitro benzene ring substituents is 1. The molecule has 1 aliphatic carbocycles. The van der Waals surface area contributed by atoms with Gasteiger partial charge in [0.15, 0.2) is 0 Å². The molecule has 0 N–H and O–H groups in total. The Morgan fingerprint density at radius 3 is 2.27 bits per heavy atom. The van der Waals surface area contributed by atoms with Crippen LogP contribution >= 0.6 is 0 Å². The van der Waals surface area contributed by atoms with Crippen LogP contribution in [0.3, 0.4) is 0 Å². The van der Waals surface area contributed by atoms with Gasteiger partial charge in [-0.15, -0.1) is 0 Å². The summed E-state index contributed by atoms with van der Waals surface area (Å²) in [5.41, 5.74) is -0.0742. The molecule has 3 atom stereocenters. The fourth-order valence-electron chi connectivity index (χ4n) is 2.66. The first-order chi connectivity index (χ1) is 10.6. The van der Waals surface area contributed by atoms with Crippen LogP contribution in [0, 0.1) is 10.1 Å². The molecule has 1 aromatic rings. The molecule has 1 aromatic carbocycles. The maximum Gasteiger partial charge on any atom is 0.514 e. The van der Waals surface area contributed by atoms with Crippen LogP contribution in [0.15, 0.2) is 24.3 Å². The van der Waals surface area contributed by atoms with Crippen molar-refractivity contribution < 1.29 is 28.7 Å². The second-order valence-corrected chi connectivity index (χ2v) is 5.13. The number of carbonyl (C=O) groups is 1. The van der Waals surface area contributed by atoms with Crippen LogP contribution in [0.4, 0.5) is 10.5 Å². The molecule has 3 rings (SSSR count).